The van der Waals surface area contributed by atoms with Crippen LogP contribution in [0, 0.1) is 5.92 Å². The van der Waals surface area contributed by atoms with Crippen molar-refractivity contribution in [2.45, 2.75) is 149 Å². The van der Waals surface area contributed by atoms with Crippen LogP contribution in [0.3, 0.4) is 0 Å². The van der Waals surface area contributed by atoms with Gasteiger partial charge in [-0.25, -0.2) is 0 Å². The van der Waals surface area contributed by atoms with Gasteiger partial charge >= 0.3 is 17.9 Å². The van der Waals surface area contributed by atoms with Crippen LogP contribution in [0.1, 0.15) is 228 Å². The molecular weight excluding hydrogens is 1430 g/mol. The largest absolute Gasteiger partial charge is 0.512 e. The van der Waals surface area contributed by atoms with E-state index in [1.165, 1.54) is 16.9 Å². The molecule has 16 heteroatoms. The third-order valence-electron chi connectivity index (χ3n) is 19.8. The normalized spacial score (nSPS) is 14.5. The first-order chi connectivity index (χ1) is 53.4. The summed E-state index contributed by atoms with van der Waals surface area (Å²) in [4.78, 5) is 117. The van der Waals surface area contributed by atoms with Crippen molar-refractivity contribution in [1.29, 1.82) is 0 Å². The van der Waals surface area contributed by atoms with Gasteiger partial charge in [-0.05, 0) is 179 Å². The van der Waals surface area contributed by atoms with Gasteiger partial charge in [0.05, 0.1) is 27.9 Å². The van der Waals surface area contributed by atoms with Gasteiger partial charge in [-0.15, -0.1) is 11.3 Å². The third kappa shape index (κ3) is 26.0. The van der Waals surface area contributed by atoms with Crippen LogP contribution >= 0.6 is 11.3 Å². The number of aliphatic hydroxyl groups is 1. The molecule has 112 heavy (non-hydrogen) atoms. The Morgan fingerprint density at radius 2 is 0.902 bits per heavy atom. The molecule has 2 aliphatic rings. The molecule has 2 fully saturated rings. The van der Waals surface area contributed by atoms with Crippen molar-refractivity contribution in [3.63, 3.8) is 0 Å². The van der Waals surface area contributed by atoms with Crippen molar-refractivity contribution in [2.75, 3.05) is 0 Å². The smallest absolute Gasteiger partial charge is 0.313 e. The van der Waals surface area contributed by atoms with Crippen molar-refractivity contribution in [2.24, 2.45) is 5.92 Å². The number of carbonyl (C=O) groups is 10. The number of ether oxygens (including phenoxy) is 1. The van der Waals surface area contributed by atoms with E-state index in [0.29, 0.717) is 56.0 Å². The SMILES string of the molecule is C=C(O)C(C)c1cccc(Oc2ccccc2)c1.CC(=O)C(C)c1ccc(C(=O)c2ccccc2)s1.CC(=O)C(C)c1ccc(CC2CCCC2=O)cc1.CC(C)(C(=O)O)c1ccc(/C=C2\CCCCC2=O)cc1.C[C@@H](C(=O)O)c1cccc(C(=O)c2ccccc2)c1.C[C@H](C(=O)O)c1cccc(C(=O)c2ccccc2)c1. The summed E-state index contributed by atoms with van der Waals surface area (Å²) >= 11 is 1.40. The van der Waals surface area contributed by atoms with Gasteiger partial charge in [0.25, 0.3) is 0 Å². The zero-order valence-corrected chi connectivity index (χ0v) is 65.7. The average Bonchev–Trinajstić information content (AvgIpc) is 1.09. The number of aliphatic hydroxyl groups excluding tert-OH is 1. The predicted octanol–water partition coefficient (Wildman–Crippen LogP) is 21.4. The summed E-state index contributed by atoms with van der Waals surface area (Å²) < 4.78 is 5.74. The van der Waals surface area contributed by atoms with Gasteiger partial charge in [-0.1, -0.05) is 234 Å². The number of para-hydroxylation sites is 1. The molecule has 0 bridgehead atoms. The van der Waals surface area contributed by atoms with Crippen molar-refractivity contribution in [3.05, 3.63) is 349 Å². The van der Waals surface area contributed by atoms with Gasteiger partial charge in [0, 0.05) is 69.2 Å². The predicted molar refractivity (Wildman–Crippen MR) is 441 cm³/mol. The lowest BCUT2D eigenvalue weighted by Crippen LogP contribution is -2.28. The molecule has 6 atom stereocenters. The Balaban J connectivity index is 0.000000187. The highest BCUT2D eigenvalue weighted by atomic mass is 32.1. The van der Waals surface area contributed by atoms with Crippen molar-refractivity contribution >= 4 is 75.8 Å². The Labute approximate surface area is 660 Å². The Hall–Kier alpha value is -12.1. The lowest BCUT2D eigenvalue weighted by Gasteiger charge is -2.19. The number of aliphatic carboxylic acids is 3. The molecule has 1 aromatic heterocycles. The highest BCUT2D eigenvalue weighted by Gasteiger charge is 2.30. The molecule has 9 aromatic carbocycles. The zero-order valence-electron chi connectivity index (χ0n) is 64.8. The average molecular weight is 1520 g/mol. The topological polar surface area (TPSA) is 261 Å². The number of carboxylic acid groups (broad SMARTS) is 3. The van der Waals surface area contributed by atoms with Gasteiger partial charge in [0.1, 0.15) is 28.8 Å². The monoisotopic (exact) mass is 1520 g/mol. The van der Waals surface area contributed by atoms with E-state index in [1.807, 2.05) is 154 Å². The minimum absolute atomic E-state index is 0.0163. The molecule has 2 aliphatic carbocycles. The number of hydrogen-bond acceptors (Lipinski definition) is 13. The van der Waals surface area contributed by atoms with Gasteiger partial charge < -0.3 is 25.2 Å². The van der Waals surface area contributed by atoms with Crippen LogP contribution in [0.5, 0.6) is 11.5 Å². The van der Waals surface area contributed by atoms with Crippen LogP contribution in [0.25, 0.3) is 6.08 Å². The summed E-state index contributed by atoms with van der Waals surface area (Å²) in [5.74, 6) is -1.42. The number of Topliss-reactive ketones (excluding diaryl/α,β-unsaturated/α-hetero) is 4. The fourth-order valence-corrected chi connectivity index (χ4v) is 13.0. The van der Waals surface area contributed by atoms with Gasteiger partial charge in [-0.2, -0.15) is 0 Å². The number of rotatable bonds is 23. The summed E-state index contributed by atoms with van der Waals surface area (Å²) in [7, 11) is 0. The molecule has 15 nitrogen and oxygen atoms in total. The maximum absolute atomic E-state index is 12.2. The van der Waals surface area contributed by atoms with Crippen molar-refractivity contribution < 1.29 is 73.1 Å². The molecule has 0 radical (unpaired) electrons. The summed E-state index contributed by atoms with van der Waals surface area (Å²) in [5.41, 5.74) is 9.13. The molecule has 1 heterocycles. The van der Waals surface area contributed by atoms with Crippen LogP contribution in [-0.4, -0.2) is 78.8 Å². The molecule has 0 saturated heterocycles. The fraction of sp³-hybridized carbons (Fsp3) is 0.250. The van der Waals surface area contributed by atoms with Crippen LogP contribution in [0.15, 0.2) is 273 Å². The van der Waals surface area contributed by atoms with Crippen LogP contribution in [0.2, 0.25) is 0 Å². The number of ketones is 7. The number of carboxylic acids is 3. The number of thiophene rings is 1. The van der Waals surface area contributed by atoms with Gasteiger partial charge in [-0.3, -0.25) is 47.9 Å². The second-order valence-corrected chi connectivity index (χ2v) is 29.5. The first kappa shape index (κ1) is 87.1. The molecule has 0 spiro atoms. The summed E-state index contributed by atoms with van der Waals surface area (Å²) in [6.07, 6.45) is 9.17. The molecule has 578 valence electrons. The number of carbonyl (C=O) groups excluding carboxylic acids is 7. The third-order valence-corrected chi connectivity index (χ3v) is 21.1. The maximum atomic E-state index is 12.2. The minimum Gasteiger partial charge on any atom is -0.512 e. The molecule has 10 aromatic rings. The first-order valence-corrected chi connectivity index (χ1v) is 38.2. The van der Waals surface area contributed by atoms with E-state index in [1.54, 1.807) is 157 Å². The highest BCUT2D eigenvalue weighted by molar-refractivity contribution is 7.14. The Bertz CT molecular complexity index is 4790. The number of hydrogen-bond donors (Lipinski definition) is 4. The highest BCUT2D eigenvalue weighted by Crippen LogP contribution is 2.32. The summed E-state index contributed by atoms with van der Waals surface area (Å²) in [5, 5.41) is 36.6. The first-order valence-electron chi connectivity index (χ1n) is 37.4. The fourth-order valence-electron chi connectivity index (χ4n) is 11.9. The number of benzene rings is 9. The van der Waals surface area contributed by atoms with E-state index in [9.17, 15) is 58.2 Å². The second-order valence-electron chi connectivity index (χ2n) is 28.4. The van der Waals surface area contributed by atoms with E-state index in [-0.39, 0.29) is 64.1 Å². The Kier molecular flexibility index (Phi) is 33.2. The number of allylic oxidation sites excluding steroid dienone is 2. The zero-order chi connectivity index (χ0) is 81.6. The molecular formula is C96H98O15S. The van der Waals surface area contributed by atoms with Crippen LogP contribution in [-0.2, 0) is 45.4 Å². The molecule has 4 N–H and O–H groups in total. The van der Waals surface area contributed by atoms with E-state index >= 15 is 0 Å². The molecule has 0 amide bonds. The Morgan fingerprint density at radius 3 is 1.35 bits per heavy atom. The molecule has 0 aliphatic heterocycles. The van der Waals surface area contributed by atoms with E-state index in [2.05, 4.69) is 18.7 Å². The molecule has 12 rings (SSSR count). The lowest BCUT2D eigenvalue weighted by molar-refractivity contribution is -0.142. The van der Waals surface area contributed by atoms with E-state index in [4.69, 9.17) is 14.9 Å². The summed E-state index contributed by atoms with van der Waals surface area (Å²) in [6.45, 7) is 19.0. The van der Waals surface area contributed by atoms with E-state index in [0.717, 1.165) is 89.1 Å². The summed E-state index contributed by atoms with van der Waals surface area (Å²) in [6, 6.07) is 77.1. The molecule has 4 unspecified atom stereocenters. The van der Waals surface area contributed by atoms with Crippen molar-refractivity contribution in [1.82, 2.24) is 0 Å². The second kappa shape index (κ2) is 42.7. The van der Waals surface area contributed by atoms with Crippen LogP contribution in [0.4, 0.5) is 0 Å². The van der Waals surface area contributed by atoms with Crippen molar-refractivity contribution in [3.8, 4) is 11.5 Å². The van der Waals surface area contributed by atoms with Gasteiger partial charge in [0.15, 0.2) is 17.3 Å². The van der Waals surface area contributed by atoms with Gasteiger partial charge in [0.2, 0.25) is 5.78 Å². The minimum atomic E-state index is -0.899. The lowest BCUT2D eigenvalue weighted by atomic mass is 9.84. The Morgan fingerprint density at radius 1 is 0.455 bits per heavy atom. The van der Waals surface area contributed by atoms with E-state index < -0.39 is 35.2 Å². The molecule has 2 saturated carbocycles. The maximum Gasteiger partial charge on any atom is 0.313 e. The standard InChI is InChI=1S/C17H20O3.2C16H14O3.C16H20O2.C16H16O2.C15H14O2S/c1-17(2,16(19)20)14-9-7-12(8-10-14)11-13-5-3-4-6-15(13)18;2*1-11(16(18)19)13-8-5-9-14(10-13)15(17)12-6-3-2-4-7-12;1-11(12(2)17)14-8-6-13(7-9-14)10-15-4-3-5-16(15)18;1-12(13(2)17)14-7-6-10-16(11-14)18-15-8-4-3-5-9-15;1-10(11(2)16)13-8-9-14(18-13)15(17)12-6-4-3-5-7-12/h7-11H,3-6H2,1-2H3,(H,19,20);2*2-11H,1H3,(H,18,19);6-9,11,15H,3-5,10H2,1-2H3;3-12,17H,2H2,1H3;3-10H,1-2H3/b13-11+;;;;;/t;2*11-;;;/m.10.../s1. The quantitative estimate of drug-likeness (QED) is 0.0264. The van der Waals surface area contributed by atoms with Crippen LogP contribution < -0.4 is 4.74 Å².